The van der Waals surface area contributed by atoms with E-state index in [0.29, 0.717) is 6.54 Å². The van der Waals surface area contributed by atoms with Gasteiger partial charge in [-0.1, -0.05) is 18.9 Å². The molecule has 0 radical (unpaired) electrons. The lowest BCUT2D eigenvalue weighted by Gasteiger charge is -2.18. The number of rotatable bonds is 7. The molecule has 25 heavy (non-hydrogen) atoms. The van der Waals surface area contributed by atoms with E-state index in [1.165, 1.54) is 4.88 Å². The van der Waals surface area contributed by atoms with Crippen molar-refractivity contribution >= 4 is 23.3 Å². The maximum absolute atomic E-state index is 12.3. The molecule has 3 rings (SSSR count). The standard InChI is InChI=1S/C18H23N3O3S/c22-17(20-18(23)19-14-5-1-2-6-14)13-21(11-15-7-3-9-24-15)12-16-8-4-10-25-16/h3-4,7-10,14H,1-2,5-6,11-13H2,(H2,19,20,22,23)/p+1. The van der Waals surface area contributed by atoms with Crippen LogP contribution in [0.1, 0.15) is 36.3 Å². The summed E-state index contributed by atoms with van der Waals surface area (Å²) in [7, 11) is 0. The Kier molecular flexibility index (Phi) is 6.25. The molecule has 1 aliphatic rings. The van der Waals surface area contributed by atoms with Gasteiger partial charge in [0.2, 0.25) is 0 Å². The van der Waals surface area contributed by atoms with E-state index in [4.69, 9.17) is 4.42 Å². The van der Waals surface area contributed by atoms with Crippen molar-refractivity contribution in [1.29, 1.82) is 0 Å². The average Bonchev–Trinajstić information content (AvgIpc) is 3.29. The Balaban J connectivity index is 1.52. The van der Waals surface area contributed by atoms with Crippen molar-refractivity contribution in [2.24, 2.45) is 0 Å². The third-order valence-electron chi connectivity index (χ3n) is 4.36. The van der Waals surface area contributed by atoms with Crippen molar-refractivity contribution in [2.45, 2.75) is 44.8 Å². The number of carbonyl (C=O) groups excluding carboxylic acids is 2. The van der Waals surface area contributed by atoms with Crippen LogP contribution in [0.25, 0.3) is 0 Å². The topological polar surface area (TPSA) is 75.8 Å². The van der Waals surface area contributed by atoms with E-state index in [1.807, 2.05) is 23.6 Å². The summed E-state index contributed by atoms with van der Waals surface area (Å²) in [5.41, 5.74) is 0. The fraction of sp³-hybridized carbons (Fsp3) is 0.444. The maximum atomic E-state index is 12.3. The number of thiophene rings is 1. The third-order valence-corrected chi connectivity index (χ3v) is 5.24. The number of quaternary nitrogens is 1. The van der Waals surface area contributed by atoms with Gasteiger partial charge in [-0.05, 0) is 36.4 Å². The van der Waals surface area contributed by atoms with E-state index in [2.05, 4.69) is 16.7 Å². The van der Waals surface area contributed by atoms with Crippen molar-refractivity contribution in [1.82, 2.24) is 10.6 Å². The Bertz CT molecular complexity index is 628. The summed E-state index contributed by atoms with van der Waals surface area (Å²) in [4.78, 5) is 26.5. The number of hydrogen-bond donors (Lipinski definition) is 3. The summed E-state index contributed by atoms with van der Waals surface area (Å²) in [6, 6.07) is 7.61. The molecule has 2 aromatic heterocycles. The number of urea groups is 1. The Morgan fingerprint density at radius 2 is 2.04 bits per heavy atom. The van der Waals surface area contributed by atoms with E-state index in [0.717, 1.165) is 42.9 Å². The van der Waals surface area contributed by atoms with E-state index in [1.54, 1.807) is 17.6 Å². The molecule has 0 spiro atoms. The molecule has 6 nitrogen and oxygen atoms in total. The lowest BCUT2D eigenvalue weighted by Crippen LogP contribution is -3.10. The highest BCUT2D eigenvalue weighted by atomic mass is 32.1. The van der Waals surface area contributed by atoms with Gasteiger partial charge in [0.25, 0.3) is 5.91 Å². The SMILES string of the molecule is O=C(C[NH+](Cc1ccco1)Cc1cccs1)NC(=O)NC1CCCC1. The summed E-state index contributed by atoms with van der Waals surface area (Å²) in [5.74, 6) is 0.559. The monoisotopic (exact) mass is 362 g/mol. The molecule has 1 unspecified atom stereocenters. The van der Waals surface area contributed by atoms with Gasteiger partial charge in [0, 0.05) is 6.04 Å². The van der Waals surface area contributed by atoms with Crippen molar-refractivity contribution in [3.05, 3.63) is 46.5 Å². The van der Waals surface area contributed by atoms with Gasteiger partial charge in [0.15, 0.2) is 12.3 Å². The summed E-state index contributed by atoms with van der Waals surface area (Å²) < 4.78 is 5.41. The Labute approximate surface area is 151 Å². The largest absolute Gasteiger partial charge is 0.463 e. The molecular weight excluding hydrogens is 338 g/mol. The molecule has 1 saturated carbocycles. The Hall–Kier alpha value is -2.12. The first-order valence-corrected chi connectivity index (χ1v) is 9.55. The van der Waals surface area contributed by atoms with Crippen molar-refractivity contribution in [3.63, 3.8) is 0 Å². The van der Waals surface area contributed by atoms with Crippen LogP contribution in [0, 0.1) is 0 Å². The summed E-state index contributed by atoms with van der Waals surface area (Å²) in [5, 5.41) is 7.36. The van der Waals surface area contributed by atoms with Crippen molar-refractivity contribution in [2.75, 3.05) is 6.54 Å². The molecule has 3 amide bonds. The molecule has 2 heterocycles. The molecule has 1 fully saturated rings. The highest BCUT2D eigenvalue weighted by molar-refractivity contribution is 7.09. The Morgan fingerprint density at radius 3 is 2.72 bits per heavy atom. The summed E-state index contributed by atoms with van der Waals surface area (Å²) >= 11 is 1.66. The molecule has 0 saturated heterocycles. The second-order valence-electron chi connectivity index (χ2n) is 6.44. The molecule has 1 aliphatic carbocycles. The van der Waals surface area contributed by atoms with Gasteiger partial charge in [0.05, 0.1) is 11.1 Å². The van der Waals surface area contributed by atoms with Gasteiger partial charge >= 0.3 is 6.03 Å². The molecule has 7 heteroatoms. The Morgan fingerprint density at radius 1 is 1.20 bits per heavy atom. The molecular formula is C18H24N3O3S+. The van der Waals surface area contributed by atoms with Gasteiger partial charge in [0.1, 0.15) is 13.1 Å². The van der Waals surface area contributed by atoms with Crippen LogP contribution in [-0.4, -0.2) is 24.5 Å². The van der Waals surface area contributed by atoms with Crippen molar-refractivity contribution < 1.29 is 18.9 Å². The molecule has 134 valence electrons. The minimum absolute atomic E-state index is 0.200. The van der Waals surface area contributed by atoms with Crippen LogP contribution in [-0.2, 0) is 17.9 Å². The summed E-state index contributed by atoms with van der Waals surface area (Å²) in [6.45, 7) is 1.54. The number of hydrogen-bond acceptors (Lipinski definition) is 4. The molecule has 1 atom stereocenters. The van der Waals surface area contributed by atoms with Gasteiger partial charge in [-0.3, -0.25) is 10.1 Å². The van der Waals surface area contributed by atoms with E-state index >= 15 is 0 Å². The zero-order valence-electron chi connectivity index (χ0n) is 14.1. The van der Waals surface area contributed by atoms with Crippen LogP contribution >= 0.6 is 11.3 Å². The molecule has 2 aromatic rings. The normalized spacial score (nSPS) is 15.8. The van der Waals surface area contributed by atoms with Crippen molar-refractivity contribution in [3.8, 4) is 0 Å². The summed E-state index contributed by atoms with van der Waals surface area (Å²) in [6.07, 6.45) is 5.90. The second kappa shape index (κ2) is 8.82. The van der Waals surface area contributed by atoms with Crippen LogP contribution in [0.5, 0.6) is 0 Å². The van der Waals surface area contributed by atoms with Crippen LogP contribution in [0.2, 0.25) is 0 Å². The van der Waals surface area contributed by atoms with Gasteiger partial charge in [-0.2, -0.15) is 0 Å². The lowest BCUT2D eigenvalue weighted by atomic mass is 10.2. The molecule has 0 bridgehead atoms. The fourth-order valence-electron chi connectivity index (χ4n) is 3.20. The van der Waals surface area contributed by atoms with E-state index in [-0.39, 0.29) is 24.5 Å². The van der Waals surface area contributed by atoms with Crippen LogP contribution in [0.15, 0.2) is 40.3 Å². The first-order valence-electron chi connectivity index (χ1n) is 8.68. The predicted molar refractivity (Wildman–Crippen MR) is 95.2 cm³/mol. The van der Waals surface area contributed by atoms with Crippen LogP contribution < -0.4 is 15.5 Å². The highest BCUT2D eigenvalue weighted by Gasteiger charge is 2.21. The smallest absolute Gasteiger partial charge is 0.321 e. The average molecular weight is 362 g/mol. The minimum Gasteiger partial charge on any atom is -0.463 e. The first kappa shape index (κ1) is 17.7. The number of nitrogens with one attached hydrogen (secondary N) is 3. The second-order valence-corrected chi connectivity index (χ2v) is 7.47. The van der Waals surface area contributed by atoms with E-state index in [9.17, 15) is 9.59 Å². The molecule has 3 N–H and O–H groups in total. The molecule has 0 aliphatic heterocycles. The number of furan rings is 1. The zero-order chi connectivity index (χ0) is 17.5. The zero-order valence-corrected chi connectivity index (χ0v) is 14.9. The number of imide groups is 1. The minimum atomic E-state index is -0.384. The van der Waals surface area contributed by atoms with Crippen LogP contribution in [0.3, 0.4) is 0 Å². The maximum Gasteiger partial charge on any atom is 0.321 e. The highest BCUT2D eigenvalue weighted by Crippen LogP contribution is 2.17. The number of carbonyl (C=O) groups is 2. The lowest BCUT2D eigenvalue weighted by molar-refractivity contribution is -0.920. The predicted octanol–water partition coefficient (Wildman–Crippen LogP) is 1.69. The quantitative estimate of drug-likeness (QED) is 0.702. The third kappa shape index (κ3) is 5.72. The van der Waals surface area contributed by atoms with E-state index < -0.39 is 0 Å². The molecule has 0 aromatic carbocycles. The van der Waals surface area contributed by atoms with Gasteiger partial charge in [-0.15, -0.1) is 11.3 Å². The van der Waals surface area contributed by atoms with Crippen LogP contribution in [0.4, 0.5) is 4.79 Å². The van der Waals surface area contributed by atoms with Gasteiger partial charge in [-0.25, -0.2) is 4.79 Å². The number of amides is 3. The fourth-order valence-corrected chi connectivity index (χ4v) is 3.97. The van der Waals surface area contributed by atoms with Gasteiger partial charge < -0.3 is 14.6 Å². The first-order chi connectivity index (χ1) is 12.2.